The first-order valence-corrected chi connectivity index (χ1v) is 10.8. The van der Waals surface area contributed by atoms with Crippen LogP contribution in [0, 0.1) is 0 Å². The summed E-state index contributed by atoms with van der Waals surface area (Å²) in [6.07, 6.45) is 0. The van der Waals surface area contributed by atoms with E-state index in [9.17, 15) is 9.59 Å². The first kappa shape index (κ1) is 21.2. The molecule has 0 saturated heterocycles. The number of para-hydroxylation sites is 2. The molecule has 7 nitrogen and oxygen atoms in total. The van der Waals surface area contributed by atoms with Crippen molar-refractivity contribution in [3.8, 4) is 11.3 Å². The zero-order valence-corrected chi connectivity index (χ0v) is 18.3. The zero-order valence-electron chi connectivity index (χ0n) is 18.3. The third kappa shape index (κ3) is 3.95. The van der Waals surface area contributed by atoms with E-state index in [0.29, 0.717) is 28.4 Å². The molecule has 0 bridgehead atoms. The van der Waals surface area contributed by atoms with Crippen LogP contribution in [0.3, 0.4) is 0 Å². The number of imidazole rings is 1. The van der Waals surface area contributed by atoms with Crippen molar-refractivity contribution < 1.29 is 19.1 Å². The van der Waals surface area contributed by atoms with Gasteiger partial charge in [-0.1, -0.05) is 30.3 Å². The highest BCUT2D eigenvalue weighted by Crippen LogP contribution is 2.31. The Morgan fingerprint density at radius 2 is 1.62 bits per heavy atom. The van der Waals surface area contributed by atoms with Gasteiger partial charge in [-0.05, 0) is 67.6 Å². The molecule has 5 rings (SSSR count). The fraction of sp³-hybridized carbons (Fsp3) is 0.0741. The predicted octanol–water partition coefficient (Wildman–Crippen LogP) is 5.93. The lowest BCUT2D eigenvalue weighted by molar-refractivity contribution is 0.0663. The van der Waals surface area contributed by atoms with Crippen LogP contribution in [-0.2, 0) is 0 Å². The molecule has 168 valence electrons. The average Bonchev–Trinajstić information content (AvgIpc) is 3.53. The smallest absolute Gasteiger partial charge is 0.371 e. The van der Waals surface area contributed by atoms with E-state index in [0.717, 1.165) is 11.0 Å². The van der Waals surface area contributed by atoms with Gasteiger partial charge in [0.05, 0.1) is 17.1 Å². The lowest BCUT2D eigenvalue weighted by atomic mass is 10.1. The van der Waals surface area contributed by atoms with E-state index < -0.39 is 5.97 Å². The molecular formula is C27H21N3O4. The van der Waals surface area contributed by atoms with Gasteiger partial charge >= 0.3 is 5.97 Å². The van der Waals surface area contributed by atoms with Gasteiger partial charge in [0, 0.05) is 16.8 Å². The molecule has 2 heterocycles. The van der Waals surface area contributed by atoms with Gasteiger partial charge in [0.25, 0.3) is 5.91 Å². The average molecular weight is 451 g/mol. The number of amides is 1. The van der Waals surface area contributed by atoms with E-state index in [4.69, 9.17) is 14.5 Å². The summed E-state index contributed by atoms with van der Waals surface area (Å²) < 4.78 is 5.40. The number of aromatic amines is 1. The lowest BCUT2D eigenvalue weighted by Gasteiger charge is -2.28. The molecule has 1 atom stereocenters. The minimum atomic E-state index is -1.12. The standard InChI is InChI=1S/C27H21N3O4/c1-17(25-28-21-9-5-6-10-22(21)29-25)30(26(31)19-7-3-2-4-8-19)20-13-11-18(12-14-20)23-15-16-24(34-23)27(32)33/h2-17H,1H3,(H,28,29)(H,32,33). The summed E-state index contributed by atoms with van der Waals surface area (Å²) in [4.78, 5) is 34.5. The van der Waals surface area contributed by atoms with Gasteiger partial charge in [-0.15, -0.1) is 0 Å². The maximum absolute atomic E-state index is 13.6. The minimum absolute atomic E-state index is 0.126. The maximum atomic E-state index is 13.6. The summed E-state index contributed by atoms with van der Waals surface area (Å²) >= 11 is 0. The summed E-state index contributed by atoms with van der Waals surface area (Å²) in [6.45, 7) is 1.93. The molecule has 0 aliphatic heterocycles. The number of aromatic carboxylic acids is 1. The van der Waals surface area contributed by atoms with Crippen LogP contribution in [0.2, 0.25) is 0 Å². The number of aromatic nitrogens is 2. The third-order valence-corrected chi connectivity index (χ3v) is 5.68. The van der Waals surface area contributed by atoms with E-state index in [1.165, 1.54) is 6.07 Å². The van der Waals surface area contributed by atoms with Crippen LogP contribution >= 0.6 is 0 Å². The summed E-state index contributed by atoms with van der Waals surface area (Å²) in [5, 5.41) is 9.11. The van der Waals surface area contributed by atoms with Gasteiger partial charge in [0.1, 0.15) is 11.6 Å². The Bertz CT molecular complexity index is 1440. The number of anilines is 1. The Morgan fingerprint density at radius 3 is 2.29 bits per heavy atom. The number of rotatable bonds is 6. The molecule has 34 heavy (non-hydrogen) atoms. The molecule has 0 aliphatic carbocycles. The second-order valence-electron chi connectivity index (χ2n) is 7.87. The lowest BCUT2D eigenvalue weighted by Crippen LogP contribution is -2.34. The molecule has 0 saturated carbocycles. The highest BCUT2D eigenvalue weighted by Gasteiger charge is 2.27. The first-order chi connectivity index (χ1) is 16.5. The van der Waals surface area contributed by atoms with E-state index in [2.05, 4.69) is 4.98 Å². The van der Waals surface area contributed by atoms with Crippen molar-refractivity contribution >= 4 is 28.6 Å². The summed E-state index contributed by atoms with van der Waals surface area (Å²) in [6, 6.07) is 26.7. The van der Waals surface area contributed by atoms with Crippen LogP contribution in [0.25, 0.3) is 22.4 Å². The van der Waals surface area contributed by atoms with Crippen LogP contribution < -0.4 is 4.90 Å². The number of nitrogens with zero attached hydrogens (tertiary/aromatic N) is 2. The van der Waals surface area contributed by atoms with Crippen molar-refractivity contribution in [2.75, 3.05) is 4.90 Å². The SMILES string of the molecule is CC(c1nc2ccccc2[nH]1)N(C(=O)c1ccccc1)c1ccc(-c2ccc(C(=O)O)o2)cc1. The van der Waals surface area contributed by atoms with Crippen molar-refractivity contribution in [3.05, 3.63) is 108 Å². The largest absolute Gasteiger partial charge is 0.475 e. The summed E-state index contributed by atoms with van der Waals surface area (Å²) in [5.41, 5.74) is 3.68. The maximum Gasteiger partial charge on any atom is 0.371 e. The molecule has 7 heteroatoms. The van der Waals surface area contributed by atoms with Crippen molar-refractivity contribution in [3.63, 3.8) is 0 Å². The van der Waals surface area contributed by atoms with Gasteiger partial charge in [-0.25, -0.2) is 9.78 Å². The fourth-order valence-electron chi connectivity index (χ4n) is 3.92. The molecule has 5 aromatic rings. The van der Waals surface area contributed by atoms with Gasteiger partial charge in [0.15, 0.2) is 0 Å². The van der Waals surface area contributed by atoms with Gasteiger partial charge in [-0.2, -0.15) is 0 Å². The monoisotopic (exact) mass is 451 g/mol. The molecule has 2 aromatic heterocycles. The quantitative estimate of drug-likeness (QED) is 0.333. The van der Waals surface area contributed by atoms with Gasteiger partial charge < -0.3 is 14.5 Å². The molecule has 0 radical (unpaired) electrons. The number of hydrogen-bond acceptors (Lipinski definition) is 4. The second-order valence-corrected chi connectivity index (χ2v) is 7.87. The minimum Gasteiger partial charge on any atom is -0.475 e. The van der Waals surface area contributed by atoms with Gasteiger partial charge in [0.2, 0.25) is 5.76 Å². The number of hydrogen-bond donors (Lipinski definition) is 2. The number of benzene rings is 3. The molecule has 1 amide bonds. The number of carboxylic acids is 1. The number of fused-ring (bicyclic) bond motifs is 1. The normalized spacial score (nSPS) is 11.9. The van der Waals surface area contributed by atoms with Crippen LogP contribution in [0.5, 0.6) is 0 Å². The molecular weight excluding hydrogens is 430 g/mol. The second kappa shape index (κ2) is 8.71. The van der Waals surface area contributed by atoms with Crippen LogP contribution in [0.1, 0.15) is 39.7 Å². The molecule has 2 N–H and O–H groups in total. The number of carbonyl (C=O) groups excluding carboxylic acids is 1. The number of carboxylic acid groups (broad SMARTS) is 1. The first-order valence-electron chi connectivity index (χ1n) is 10.8. The summed E-state index contributed by atoms with van der Waals surface area (Å²) in [7, 11) is 0. The van der Waals surface area contributed by atoms with E-state index >= 15 is 0 Å². The number of nitrogens with one attached hydrogen (secondary N) is 1. The number of furan rings is 1. The van der Waals surface area contributed by atoms with Crippen molar-refractivity contribution in [1.29, 1.82) is 0 Å². The van der Waals surface area contributed by atoms with Crippen LogP contribution in [0.15, 0.2) is 95.4 Å². The molecule has 0 aliphatic rings. The Labute approximate surface area is 195 Å². The zero-order chi connectivity index (χ0) is 23.7. The molecule has 0 spiro atoms. The molecule has 0 fully saturated rings. The van der Waals surface area contributed by atoms with Crippen LogP contribution in [-0.4, -0.2) is 27.0 Å². The molecule has 3 aromatic carbocycles. The van der Waals surface area contributed by atoms with Crippen molar-refractivity contribution in [2.24, 2.45) is 0 Å². The topological polar surface area (TPSA) is 99.4 Å². The Hall–Kier alpha value is -4.65. The fourth-order valence-corrected chi connectivity index (χ4v) is 3.92. The van der Waals surface area contributed by atoms with Crippen LogP contribution in [0.4, 0.5) is 5.69 Å². The van der Waals surface area contributed by atoms with E-state index in [-0.39, 0.29) is 17.7 Å². The highest BCUT2D eigenvalue weighted by molar-refractivity contribution is 6.06. The number of H-pyrrole nitrogens is 1. The van der Waals surface area contributed by atoms with Crippen molar-refractivity contribution in [2.45, 2.75) is 13.0 Å². The van der Waals surface area contributed by atoms with E-state index in [1.54, 1.807) is 35.2 Å². The summed E-state index contributed by atoms with van der Waals surface area (Å²) in [5.74, 6) is -0.296. The van der Waals surface area contributed by atoms with Crippen molar-refractivity contribution in [1.82, 2.24) is 9.97 Å². The Morgan fingerprint density at radius 1 is 0.912 bits per heavy atom. The Kier molecular flexibility index (Phi) is 5.43. The third-order valence-electron chi connectivity index (χ3n) is 5.68. The van der Waals surface area contributed by atoms with E-state index in [1.807, 2.05) is 61.5 Å². The highest BCUT2D eigenvalue weighted by atomic mass is 16.4. The molecule has 1 unspecified atom stereocenters. The predicted molar refractivity (Wildman–Crippen MR) is 129 cm³/mol. The Balaban J connectivity index is 1.53. The number of carbonyl (C=O) groups is 2. The van der Waals surface area contributed by atoms with Gasteiger partial charge in [-0.3, -0.25) is 9.69 Å².